The standard InChI is InChI=1S/C22H22N6O4/c1-12-24-19-15(22(32)28(12)17-8-9-18(29)26-21(17)31)6-3-7-16(19)25-20(30)13-10-23-27(11-13)14-4-2-5-14/h3,6-7,10-11,14,17H,2,4-5,8-9H2,1H3,(H,25,30)(H,26,29,31). The molecule has 32 heavy (non-hydrogen) atoms. The SMILES string of the molecule is Cc1nc2c(NC(=O)c3cnn(C4CCC4)c3)cccc2c(=O)n1C1CCC(=O)NC1=O. The van der Waals surface area contributed by atoms with E-state index < -0.39 is 17.5 Å². The molecular formula is C22H22N6O4. The lowest BCUT2D eigenvalue weighted by atomic mass is 9.93. The van der Waals surface area contributed by atoms with Crippen LogP contribution in [0.3, 0.4) is 0 Å². The van der Waals surface area contributed by atoms with Gasteiger partial charge in [-0.05, 0) is 44.7 Å². The van der Waals surface area contributed by atoms with E-state index in [0.29, 0.717) is 28.6 Å². The highest BCUT2D eigenvalue weighted by molar-refractivity contribution is 6.08. The number of aromatic nitrogens is 4. The first-order valence-electron chi connectivity index (χ1n) is 10.6. The van der Waals surface area contributed by atoms with Crippen molar-refractivity contribution in [2.24, 2.45) is 0 Å². The number of rotatable bonds is 4. The molecule has 1 aliphatic heterocycles. The molecule has 2 fully saturated rings. The zero-order chi connectivity index (χ0) is 22.4. The molecular weight excluding hydrogens is 412 g/mol. The first kappa shape index (κ1) is 20.1. The van der Waals surface area contributed by atoms with Crippen LogP contribution in [0, 0.1) is 6.92 Å². The molecule has 2 aliphatic rings. The van der Waals surface area contributed by atoms with Crippen molar-refractivity contribution in [3.63, 3.8) is 0 Å². The number of imide groups is 1. The average molecular weight is 434 g/mol. The summed E-state index contributed by atoms with van der Waals surface area (Å²) in [5.41, 5.74) is 0.788. The van der Waals surface area contributed by atoms with Crippen LogP contribution in [-0.2, 0) is 9.59 Å². The van der Waals surface area contributed by atoms with Crippen LogP contribution in [0.1, 0.15) is 60.4 Å². The monoisotopic (exact) mass is 434 g/mol. The number of hydrogen-bond donors (Lipinski definition) is 2. The maximum atomic E-state index is 13.2. The van der Waals surface area contributed by atoms with Crippen molar-refractivity contribution in [3.8, 4) is 0 Å². The lowest BCUT2D eigenvalue weighted by Gasteiger charge is -2.25. The fourth-order valence-corrected chi connectivity index (χ4v) is 4.23. The molecule has 0 spiro atoms. The summed E-state index contributed by atoms with van der Waals surface area (Å²) in [4.78, 5) is 54.3. The van der Waals surface area contributed by atoms with Gasteiger partial charge in [0.25, 0.3) is 11.5 Å². The number of benzene rings is 1. The number of hydrogen-bond acceptors (Lipinski definition) is 6. The minimum atomic E-state index is -0.798. The Morgan fingerprint density at radius 3 is 2.72 bits per heavy atom. The Morgan fingerprint density at radius 2 is 2.00 bits per heavy atom. The number of nitrogens with one attached hydrogen (secondary N) is 2. The smallest absolute Gasteiger partial charge is 0.262 e. The summed E-state index contributed by atoms with van der Waals surface area (Å²) in [5.74, 6) is -0.870. The highest BCUT2D eigenvalue weighted by Gasteiger charge is 2.30. The molecule has 3 amide bonds. The van der Waals surface area contributed by atoms with Crippen LogP contribution < -0.4 is 16.2 Å². The molecule has 10 nitrogen and oxygen atoms in total. The molecule has 2 N–H and O–H groups in total. The van der Waals surface area contributed by atoms with Gasteiger partial charge < -0.3 is 5.32 Å². The third-order valence-corrected chi connectivity index (χ3v) is 6.19. The third kappa shape index (κ3) is 3.37. The number of amides is 3. The Labute approximate surface area is 182 Å². The van der Waals surface area contributed by atoms with Crippen molar-refractivity contribution in [2.45, 2.75) is 51.1 Å². The maximum absolute atomic E-state index is 13.2. The van der Waals surface area contributed by atoms with Crippen molar-refractivity contribution < 1.29 is 14.4 Å². The number of aryl methyl sites for hydroxylation is 1. The van der Waals surface area contributed by atoms with Gasteiger partial charge >= 0.3 is 0 Å². The number of fused-ring (bicyclic) bond motifs is 1. The fraction of sp³-hybridized carbons (Fsp3) is 0.364. The van der Waals surface area contributed by atoms with Gasteiger partial charge in [0.2, 0.25) is 11.8 Å². The Morgan fingerprint density at radius 1 is 1.19 bits per heavy atom. The number of carbonyl (C=O) groups excluding carboxylic acids is 3. The van der Waals surface area contributed by atoms with Crippen LogP contribution >= 0.6 is 0 Å². The van der Waals surface area contributed by atoms with E-state index in [1.807, 2.05) is 4.68 Å². The minimum Gasteiger partial charge on any atom is -0.320 e. The Bertz CT molecular complexity index is 1320. The molecule has 1 saturated carbocycles. The van der Waals surface area contributed by atoms with Gasteiger partial charge in [-0.25, -0.2) is 4.98 Å². The fourth-order valence-electron chi connectivity index (χ4n) is 4.23. The van der Waals surface area contributed by atoms with E-state index >= 15 is 0 Å². The molecule has 0 bridgehead atoms. The van der Waals surface area contributed by atoms with Crippen LogP contribution in [0.5, 0.6) is 0 Å². The highest BCUT2D eigenvalue weighted by Crippen LogP contribution is 2.31. The number of anilines is 1. The van der Waals surface area contributed by atoms with E-state index in [2.05, 4.69) is 20.7 Å². The molecule has 3 aromatic rings. The molecule has 1 aromatic carbocycles. The van der Waals surface area contributed by atoms with E-state index in [-0.39, 0.29) is 30.0 Å². The number of nitrogens with zero attached hydrogens (tertiary/aromatic N) is 4. The summed E-state index contributed by atoms with van der Waals surface area (Å²) in [6, 6.07) is 4.50. The predicted octanol–water partition coefficient (Wildman–Crippen LogP) is 1.86. The number of piperidine rings is 1. The normalized spacial score (nSPS) is 19.0. The predicted molar refractivity (Wildman–Crippen MR) is 115 cm³/mol. The topological polar surface area (TPSA) is 128 Å². The van der Waals surface area contributed by atoms with Crippen LogP contribution in [0.4, 0.5) is 5.69 Å². The molecule has 164 valence electrons. The summed E-state index contributed by atoms with van der Waals surface area (Å²) in [7, 11) is 0. The van der Waals surface area contributed by atoms with Gasteiger partial charge in [-0.15, -0.1) is 0 Å². The molecule has 1 unspecified atom stereocenters. The molecule has 0 radical (unpaired) electrons. The Balaban J connectivity index is 1.48. The van der Waals surface area contributed by atoms with Gasteiger partial charge in [0.05, 0.1) is 28.9 Å². The summed E-state index contributed by atoms with van der Waals surface area (Å²) < 4.78 is 3.14. The molecule has 2 aromatic heterocycles. The van der Waals surface area contributed by atoms with Crippen molar-refractivity contribution >= 4 is 34.3 Å². The van der Waals surface area contributed by atoms with E-state index in [1.54, 1.807) is 31.3 Å². The molecule has 3 heterocycles. The molecule has 1 atom stereocenters. The van der Waals surface area contributed by atoms with E-state index in [9.17, 15) is 19.2 Å². The van der Waals surface area contributed by atoms with Crippen LogP contribution in [0.25, 0.3) is 10.9 Å². The van der Waals surface area contributed by atoms with Crippen LogP contribution in [-0.4, -0.2) is 37.1 Å². The second-order valence-electron chi connectivity index (χ2n) is 8.25. The minimum absolute atomic E-state index is 0.158. The summed E-state index contributed by atoms with van der Waals surface area (Å²) >= 11 is 0. The van der Waals surface area contributed by atoms with Crippen molar-refractivity contribution in [1.82, 2.24) is 24.6 Å². The van der Waals surface area contributed by atoms with Crippen molar-refractivity contribution in [2.75, 3.05) is 5.32 Å². The third-order valence-electron chi connectivity index (χ3n) is 6.19. The van der Waals surface area contributed by atoms with Crippen LogP contribution in [0.2, 0.25) is 0 Å². The van der Waals surface area contributed by atoms with E-state index in [1.165, 1.54) is 17.2 Å². The lowest BCUT2D eigenvalue weighted by Crippen LogP contribution is -2.45. The lowest BCUT2D eigenvalue weighted by molar-refractivity contribution is -0.135. The molecule has 1 aliphatic carbocycles. The van der Waals surface area contributed by atoms with Gasteiger partial charge in [-0.1, -0.05) is 6.07 Å². The summed E-state index contributed by atoms with van der Waals surface area (Å²) in [6.45, 7) is 1.63. The zero-order valence-electron chi connectivity index (χ0n) is 17.5. The van der Waals surface area contributed by atoms with Gasteiger partial charge in [0, 0.05) is 12.6 Å². The second-order valence-corrected chi connectivity index (χ2v) is 8.25. The average Bonchev–Trinajstić information content (AvgIpc) is 3.18. The maximum Gasteiger partial charge on any atom is 0.262 e. The molecule has 10 heteroatoms. The first-order valence-corrected chi connectivity index (χ1v) is 10.6. The Kier molecular flexibility index (Phi) is 4.84. The quantitative estimate of drug-likeness (QED) is 0.603. The highest BCUT2D eigenvalue weighted by atomic mass is 16.2. The zero-order valence-corrected chi connectivity index (χ0v) is 17.5. The number of carbonyl (C=O) groups is 3. The number of para-hydroxylation sites is 1. The summed E-state index contributed by atoms with van der Waals surface area (Å²) in [5, 5.41) is 9.68. The van der Waals surface area contributed by atoms with E-state index in [4.69, 9.17) is 0 Å². The van der Waals surface area contributed by atoms with Gasteiger partial charge in [-0.3, -0.25) is 33.7 Å². The summed E-state index contributed by atoms with van der Waals surface area (Å²) in [6.07, 6.45) is 6.96. The van der Waals surface area contributed by atoms with Crippen molar-refractivity contribution in [1.29, 1.82) is 0 Å². The van der Waals surface area contributed by atoms with Crippen LogP contribution in [0.15, 0.2) is 35.4 Å². The van der Waals surface area contributed by atoms with Gasteiger partial charge in [-0.2, -0.15) is 5.10 Å². The van der Waals surface area contributed by atoms with Gasteiger partial charge in [0.1, 0.15) is 17.4 Å². The van der Waals surface area contributed by atoms with E-state index in [0.717, 1.165) is 12.8 Å². The Hall–Kier alpha value is -3.82. The second kappa shape index (κ2) is 7.70. The van der Waals surface area contributed by atoms with Gasteiger partial charge in [0.15, 0.2) is 0 Å². The molecule has 1 saturated heterocycles. The largest absolute Gasteiger partial charge is 0.320 e. The van der Waals surface area contributed by atoms with Crippen molar-refractivity contribution in [3.05, 3.63) is 52.3 Å². The first-order chi connectivity index (χ1) is 15.4. The molecule has 5 rings (SSSR count).